The van der Waals surface area contributed by atoms with Crippen LogP contribution in [0.4, 0.5) is 5.69 Å². The van der Waals surface area contributed by atoms with Gasteiger partial charge in [0.15, 0.2) is 0 Å². The summed E-state index contributed by atoms with van der Waals surface area (Å²) >= 11 is 7.52. The smallest absolute Gasteiger partial charge is 0.316 e. The second-order valence-electron chi connectivity index (χ2n) is 10.4. The summed E-state index contributed by atoms with van der Waals surface area (Å²) in [6.07, 6.45) is 4.62. The van der Waals surface area contributed by atoms with Crippen LogP contribution in [0.3, 0.4) is 0 Å². The molecule has 1 saturated carbocycles. The van der Waals surface area contributed by atoms with Crippen LogP contribution in [-0.4, -0.2) is 60.4 Å². The average molecular weight is 589 g/mol. The number of piperazine rings is 1. The molecule has 0 amide bonds. The zero-order valence-electron chi connectivity index (χ0n) is 22.2. The average Bonchev–Trinajstić information content (AvgIpc) is 3.68. The SMILES string of the molecule is CCc1ccccc1SCS(=O)(=O)N1CCN(c2cnn(-c3cccc(Cl)c3)c(=O)c2OCC2(C)CC2)CC1. The third kappa shape index (κ3) is 6.45. The van der Waals surface area contributed by atoms with Gasteiger partial charge in [0.25, 0.3) is 0 Å². The van der Waals surface area contributed by atoms with Crippen LogP contribution in [0.15, 0.2) is 64.4 Å². The highest BCUT2D eigenvalue weighted by Gasteiger charge is 2.39. The fourth-order valence-electron chi connectivity index (χ4n) is 4.54. The van der Waals surface area contributed by atoms with Crippen molar-refractivity contribution >= 4 is 39.1 Å². The van der Waals surface area contributed by atoms with Crippen LogP contribution >= 0.6 is 23.4 Å². The quantitative estimate of drug-likeness (QED) is 0.314. The van der Waals surface area contributed by atoms with Gasteiger partial charge in [0, 0.05) is 41.5 Å². The molecular weight excluding hydrogens is 556 g/mol. The van der Waals surface area contributed by atoms with Crippen molar-refractivity contribution in [2.24, 2.45) is 5.41 Å². The Morgan fingerprint density at radius 2 is 1.82 bits per heavy atom. The first-order chi connectivity index (χ1) is 18.7. The predicted molar refractivity (Wildman–Crippen MR) is 157 cm³/mol. The van der Waals surface area contributed by atoms with Crippen molar-refractivity contribution in [1.82, 2.24) is 14.1 Å². The van der Waals surface area contributed by atoms with Gasteiger partial charge in [0.1, 0.15) is 10.8 Å². The standard InChI is InChI=1S/C28H33ClN4O4S2/c1-3-21-7-4-5-10-25(21)38-20-39(35,36)32-15-13-31(14-16-32)24-18-30-33(23-9-6-8-22(29)17-23)27(34)26(24)37-19-28(2)11-12-28/h4-10,17-18H,3,11-16,19-20H2,1-2H3. The first-order valence-electron chi connectivity index (χ1n) is 13.1. The first-order valence-corrected chi connectivity index (χ1v) is 16.1. The predicted octanol–water partition coefficient (Wildman–Crippen LogP) is 4.83. The van der Waals surface area contributed by atoms with Crippen molar-refractivity contribution in [3.8, 4) is 11.4 Å². The highest BCUT2D eigenvalue weighted by Crippen LogP contribution is 2.45. The Balaban J connectivity index is 1.32. The minimum atomic E-state index is -3.45. The largest absolute Gasteiger partial charge is 0.486 e. The molecule has 0 atom stereocenters. The summed E-state index contributed by atoms with van der Waals surface area (Å²) in [6.45, 7) is 6.18. The Hall–Kier alpha value is -2.53. The molecule has 8 nitrogen and oxygen atoms in total. The summed E-state index contributed by atoms with van der Waals surface area (Å²) in [4.78, 5) is 16.6. The minimum Gasteiger partial charge on any atom is -0.486 e. The molecular formula is C28H33ClN4O4S2. The molecule has 1 aliphatic heterocycles. The summed E-state index contributed by atoms with van der Waals surface area (Å²) in [7, 11) is -3.45. The summed E-state index contributed by atoms with van der Waals surface area (Å²) in [5.74, 6) is 0.237. The van der Waals surface area contributed by atoms with E-state index in [1.54, 1.807) is 30.5 Å². The van der Waals surface area contributed by atoms with Crippen LogP contribution in [-0.2, 0) is 16.4 Å². The van der Waals surface area contributed by atoms with E-state index in [-0.39, 0.29) is 21.8 Å². The van der Waals surface area contributed by atoms with E-state index in [1.165, 1.54) is 20.7 Å². The molecule has 0 N–H and O–H groups in total. The number of aromatic nitrogens is 2. The molecule has 5 rings (SSSR count). The number of sulfonamides is 1. The van der Waals surface area contributed by atoms with Crippen molar-refractivity contribution < 1.29 is 13.2 Å². The van der Waals surface area contributed by atoms with E-state index in [1.807, 2.05) is 29.2 Å². The highest BCUT2D eigenvalue weighted by molar-refractivity contribution is 8.11. The molecule has 0 unspecified atom stereocenters. The van der Waals surface area contributed by atoms with Crippen molar-refractivity contribution in [1.29, 1.82) is 0 Å². The van der Waals surface area contributed by atoms with Crippen LogP contribution in [0.5, 0.6) is 5.75 Å². The molecule has 1 saturated heterocycles. The maximum Gasteiger partial charge on any atom is 0.316 e. The van der Waals surface area contributed by atoms with E-state index in [9.17, 15) is 13.2 Å². The van der Waals surface area contributed by atoms with Gasteiger partial charge in [-0.2, -0.15) is 14.1 Å². The first kappa shape index (κ1) is 28.0. The molecule has 0 bridgehead atoms. The maximum absolute atomic E-state index is 13.6. The number of anilines is 1. The number of benzene rings is 2. The number of ether oxygens (including phenoxy) is 1. The zero-order valence-corrected chi connectivity index (χ0v) is 24.6. The minimum absolute atomic E-state index is 0.00576. The molecule has 0 spiro atoms. The van der Waals surface area contributed by atoms with Gasteiger partial charge in [-0.3, -0.25) is 4.79 Å². The van der Waals surface area contributed by atoms with Crippen LogP contribution in [0.2, 0.25) is 5.02 Å². The van der Waals surface area contributed by atoms with Gasteiger partial charge in [-0.05, 0) is 49.1 Å². The second kappa shape index (κ2) is 11.5. The molecule has 2 aromatic carbocycles. The number of hydrogen-bond acceptors (Lipinski definition) is 7. The van der Waals surface area contributed by atoms with Crippen LogP contribution in [0.1, 0.15) is 32.3 Å². The summed E-state index contributed by atoms with van der Waals surface area (Å²) in [6, 6.07) is 14.9. The van der Waals surface area contributed by atoms with Gasteiger partial charge in [0.05, 0.1) is 18.5 Å². The van der Waals surface area contributed by atoms with Crippen molar-refractivity contribution in [2.75, 3.05) is 42.8 Å². The summed E-state index contributed by atoms with van der Waals surface area (Å²) in [5.41, 5.74) is 2.01. The highest BCUT2D eigenvalue weighted by atomic mass is 35.5. The lowest BCUT2D eigenvalue weighted by Gasteiger charge is -2.35. The number of thioether (sulfide) groups is 1. The Bertz CT molecular complexity index is 1500. The normalized spacial score (nSPS) is 17.3. The molecule has 0 radical (unpaired) electrons. The number of rotatable bonds is 10. The lowest BCUT2D eigenvalue weighted by Crippen LogP contribution is -2.49. The number of hydrogen-bond donors (Lipinski definition) is 0. The van der Waals surface area contributed by atoms with E-state index < -0.39 is 10.0 Å². The van der Waals surface area contributed by atoms with E-state index in [2.05, 4.69) is 18.9 Å². The Kier molecular flexibility index (Phi) is 8.28. The van der Waals surface area contributed by atoms with Crippen LogP contribution in [0.25, 0.3) is 5.69 Å². The Labute approximate surface area is 239 Å². The fourth-order valence-corrected chi connectivity index (χ4v) is 7.72. The molecule has 1 aromatic heterocycles. The van der Waals surface area contributed by atoms with Crippen molar-refractivity contribution in [3.05, 3.63) is 75.7 Å². The third-order valence-corrected chi connectivity index (χ3v) is 11.1. The van der Waals surface area contributed by atoms with Crippen molar-refractivity contribution in [2.45, 2.75) is 38.0 Å². The molecule has 1 aliphatic carbocycles. The molecule has 3 aromatic rings. The van der Waals surface area contributed by atoms with Crippen molar-refractivity contribution in [3.63, 3.8) is 0 Å². The van der Waals surface area contributed by atoms with Gasteiger partial charge in [-0.25, -0.2) is 8.42 Å². The number of aryl methyl sites for hydroxylation is 1. The summed E-state index contributed by atoms with van der Waals surface area (Å²) in [5, 5.41) is 4.92. The zero-order chi connectivity index (χ0) is 27.6. The third-order valence-electron chi connectivity index (χ3n) is 7.33. The topological polar surface area (TPSA) is 84.7 Å². The van der Waals surface area contributed by atoms with E-state index >= 15 is 0 Å². The lowest BCUT2D eigenvalue weighted by atomic mass is 10.2. The Morgan fingerprint density at radius 1 is 1.08 bits per heavy atom. The van der Waals surface area contributed by atoms with E-state index in [0.717, 1.165) is 29.7 Å². The maximum atomic E-state index is 13.6. The molecule has 208 valence electrons. The molecule has 2 fully saturated rings. The van der Waals surface area contributed by atoms with Crippen LogP contribution < -0.4 is 15.2 Å². The fraction of sp³-hybridized carbons (Fsp3) is 0.429. The second-order valence-corrected chi connectivity index (χ2v) is 14.2. The van der Waals surface area contributed by atoms with Gasteiger partial charge in [-0.15, -0.1) is 11.8 Å². The lowest BCUT2D eigenvalue weighted by molar-refractivity contribution is 0.242. The number of nitrogens with zero attached hydrogens (tertiary/aromatic N) is 4. The van der Waals surface area contributed by atoms with Gasteiger partial charge in [-0.1, -0.05) is 49.7 Å². The van der Waals surface area contributed by atoms with Gasteiger partial charge < -0.3 is 9.64 Å². The molecule has 2 aliphatic rings. The monoisotopic (exact) mass is 588 g/mol. The molecule has 11 heteroatoms. The molecule has 2 heterocycles. The van der Waals surface area contributed by atoms with Gasteiger partial charge >= 0.3 is 5.56 Å². The molecule has 39 heavy (non-hydrogen) atoms. The number of halogens is 1. The Morgan fingerprint density at radius 3 is 2.51 bits per heavy atom. The van der Waals surface area contributed by atoms with E-state index in [0.29, 0.717) is 49.2 Å². The van der Waals surface area contributed by atoms with E-state index in [4.69, 9.17) is 16.3 Å². The van der Waals surface area contributed by atoms with Crippen LogP contribution in [0, 0.1) is 5.41 Å². The van der Waals surface area contributed by atoms with Gasteiger partial charge in [0.2, 0.25) is 15.8 Å². The summed E-state index contributed by atoms with van der Waals surface area (Å²) < 4.78 is 35.3.